The van der Waals surface area contributed by atoms with Crippen molar-refractivity contribution in [3.63, 3.8) is 0 Å². The van der Waals surface area contributed by atoms with Gasteiger partial charge in [0.2, 0.25) is 0 Å². The van der Waals surface area contributed by atoms with Crippen LogP contribution >= 0.6 is 0 Å². The van der Waals surface area contributed by atoms with Gasteiger partial charge in [-0.3, -0.25) is 9.59 Å². The second-order valence-corrected chi connectivity index (χ2v) is 5.76. The number of hydrogen-bond donors (Lipinski definition) is 1. The highest BCUT2D eigenvalue weighted by Crippen LogP contribution is 2.19. The first-order valence-corrected chi connectivity index (χ1v) is 9.01. The smallest absolute Gasteiger partial charge is 0.328 e. The Balaban J connectivity index is 2.26. The van der Waals surface area contributed by atoms with Gasteiger partial charge in [-0.1, -0.05) is 19.1 Å². The van der Waals surface area contributed by atoms with Crippen LogP contribution in [0.1, 0.15) is 39.2 Å². The Kier molecular flexibility index (Phi) is 7.34. The van der Waals surface area contributed by atoms with Gasteiger partial charge in [-0.25, -0.2) is 4.79 Å². The van der Waals surface area contributed by atoms with E-state index >= 15 is 0 Å². The van der Waals surface area contributed by atoms with Crippen molar-refractivity contribution >= 4 is 28.9 Å². The third-order valence-corrected chi connectivity index (χ3v) is 3.93. The molecule has 0 radical (unpaired) electrons. The zero-order valence-electron chi connectivity index (χ0n) is 15.7. The molecule has 0 bridgehead atoms. The minimum Gasteiger partial charge on any atom is -0.466 e. The largest absolute Gasteiger partial charge is 0.466 e. The van der Waals surface area contributed by atoms with Crippen molar-refractivity contribution in [1.82, 2.24) is 4.98 Å². The van der Waals surface area contributed by atoms with Crippen molar-refractivity contribution in [1.29, 1.82) is 0 Å². The second kappa shape index (κ2) is 9.70. The summed E-state index contributed by atoms with van der Waals surface area (Å²) in [7, 11) is 0. The molecule has 0 saturated carbocycles. The Morgan fingerprint density at radius 2 is 1.93 bits per heavy atom. The van der Waals surface area contributed by atoms with E-state index in [1.165, 1.54) is 0 Å². The Hall–Kier alpha value is -2.90. The molecule has 0 aliphatic carbocycles. The minimum atomic E-state index is -0.892. The summed E-state index contributed by atoms with van der Waals surface area (Å²) in [5.41, 5.74) is 0.776. The van der Waals surface area contributed by atoms with Gasteiger partial charge in [0.25, 0.3) is 11.6 Å². The van der Waals surface area contributed by atoms with Gasteiger partial charge in [0.05, 0.1) is 18.6 Å². The molecule has 1 aromatic carbocycles. The van der Waals surface area contributed by atoms with E-state index in [-0.39, 0.29) is 32.1 Å². The number of rotatable bonds is 9. The molecule has 2 aromatic rings. The van der Waals surface area contributed by atoms with Crippen molar-refractivity contribution in [3.05, 3.63) is 34.1 Å². The Morgan fingerprint density at radius 3 is 2.59 bits per heavy atom. The van der Waals surface area contributed by atoms with Gasteiger partial charge in [-0.2, -0.15) is 4.98 Å². The summed E-state index contributed by atoms with van der Waals surface area (Å²) < 4.78 is 15.6. The fourth-order valence-corrected chi connectivity index (χ4v) is 2.67. The third-order valence-electron chi connectivity index (χ3n) is 3.93. The lowest BCUT2D eigenvalue weighted by atomic mass is 10.1. The number of benzene rings is 1. The number of aromatic nitrogens is 1. The molecule has 0 unspecified atom stereocenters. The second-order valence-electron chi connectivity index (χ2n) is 5.76. The number of fused-ring (bicyclic) bond motifs is 1. The van der Waals surface area contributed by atoms with Crippen LogP contribution in [-0.2, 0) is 25.5 Å². The molecule has 1 atom stereocenters. The van der Waals surface area contributed by atoms with E-state index in [1.807, 2.05) is 13.0 Å². The lowest BCUT2D eigenvalue weighted by Crippen LogP contribution is -2.33. The van der Waals surface area contributed by atoms with Crippen LogP contribution in [0.3, 0.4) is 0 Å². The van der Waals surface area contributed by atoms with Crippen LogP contribution in [-0.4, -0.2) is 36.2 Å². The van der Waals surface area contributed by atoms with Gasteiger partial charge in [0, 0.05) is 6.42 Å². The standard InChI is InChI=1S/C19H24N2O6/c1-4-12-8-7-9-14-16(12)17(23)21-19(27-14)20-13(18(24)26-6-3)10-11-15(22)25-5-2/h7-9,13H,4-6,10-11H2,1-3H3,(H,20,21,23)/t13-/m0/s1. The van der Waals surface area contributed by atoms with Crippen molar-refractivity contribution in [2.24, 2.45) is 0 Å². The van der Waals surface area contributed by atoms with E-state index in [1.54, 1.807) is 26.0 Å². The predicted molar refractivity (Wildman–Crippen MR) is 99.6 cm³/mol. The number of nitrogens with one attached hydrogen (secondary N) is 1. The van der Waals surface area contributed by atoms with Crippen LogP contribution < -0.4 is 10.9 Å². The zero-order valence-corrected chi connectivity index (χ0v) is 15.7. The molecular formula is C19H24N2O6. The SMILES string of the molecule is CCOC(=O)CC[C@H](Nc1nc(=O)c2c(CC)cccc2o1)C(=O)OCC. The van der Waals surface area contributed by atoms with Crippen molar-refractivity contribution in [2.45, 2.75) is 46.1 Å². The van der Waals surface area contributed by atoms with E-state index in [0.717, 1.165) is 5.56 Å². The maximum atomic E-state index is 12.4. The molecule has 1 N–H and O–H groups in total. The maximum absolute atomic E-state index is 12.4. The van der Waals surface area contributed by atoms with E-state index in [2.05, 4.69) is 10.3 Å². The van der Waals surface area contributed by atoms with Crippen LogP contribution in [0.5, 0.6) is 0 Å². The number of ether oxygens (including phenoxy) is 2. The fraction of sp³-hybridized carbons (Fsp3) is 0.474. The molecule has 0 amide bonds. The molecule has 0 saturated heterocycles. The molecule has 146 valence electrons. The molecule has 1 aromatic heterocycles. The van der Waals surface area contributed by atoms with Crippen LogP contribution in [0, 0.1) is 0 Å². The highest BCUT2D eigenvalue weighted by molar-refractivity contribution is 5.82. The fourth-order valence-electron chi connectivity index (χ4n) is 2.67. The molecular weight excluding hydrogens is 352 g/mol. The van der Waals surface area contributed by atoms with Crippen LogP contribution in [0.4, 0.5) is 6.01 Å². The summed E-state index contributed by atoms with van der Waals surface area (Å²) in [4.78, 5) is 40.1. The van der Waals surface area contributed by atoms with Crippen LogP contribution in [0.15, 0.2) is 27.4 Å². The Bertz CT molecular complexity index is 861. The molecule has 8 nitrogen and oxygen atoms in total. The molecule has 8 heteroatoms. The monoisotopic (exact) mass is 376 g/mol. The number of hydrogen-bond acceptors (Lipinski definition) is 8. The lowest BCUT2D eigenvalue weighted by Gasteiger charge is -2.16. The van der Waals surface area contributed by atoms with Gasteiger partial charge >= 0.3 is 11.9 Å². The van der Waals surface area contributed by atoms with Gasteiger partial charge in [0.1, 0.15) is 11.6 Å². The van der Waals surface area contributed by atoms with E-state index in [4.69, 9.17) is 13.9 Å². The van der Waals surface area contributed by atoms with Crippen LogP contribution in [0.2, 0.25) is 0 Å². The first-order valence-electron chi connectivity index (χ1n) is 9.01. The highest BCUT2D eigenvalue weighted by atomic mass is 16.5. The molecule has 1 heterocycles. The van der Waals surface area contributed by atoms with Crippen LogP contribution in [0.25, 0.3) is 11.0 Å². The number of esters is 2. The summed E-state index contributed by atoms with van der Waals surface area (Å²) in [6.07, 6.45) is 0.805. The number of carbonyl (C=O) groups excluding carboxylic acids is 2. The Labute approximate surface area is 156 Å². The Morgan fingerprint density at radius 1 is 1.19 bits per heavy atom. The van der Waals surface area contributed by atoms with Gasteiger partial charge in [-0.05, 0) is 38.3 Å². The molecule has 0 fully saturated rings. The maximum Gasteiger partial charge on any atom is 0.328 e. The highest BCUT2D eigenvalue weighted by Gasteiger charge is 2.23. The van der Waals surface area contributed by atoms with Gasteiger partial charge in [0.15, 0.2) is 0 Å². The normalized spacial score (nSPS) is 11.8. The number of carbonyl (C=O) groups is 2. The van der Waals surface area contributed by atoms with E-state index in [9.17, 15) is 14.4 Å². The third kappa shape index (κ3) is 5.29. The molecule has 0 spiro atoms. The number of aryl methyl sites for hydroxylation is 1. The summed E-state index contributed by atoms with van der Waals surface area (Å²) in [5.74, 6) is -0.984. The van der Waals surface area contributed by atoms with Gasteiger partial charge < -0.3 is 19.2 Å². The van der Waals surface area contributed by atoms with Gasteiger partial charge in [-0.15, -0.1) is 0 Å². The van der Waals surface area contributed by atoms with E-state index in [0.29, 0.717) is 17.4 Å². The minimum absolute atomic E-state index is 0.0160. The predicted octanol–water partition coefficient (Wildman–Crippen LogP) is 2.44. The lowest BCUT2D eigenvalue weighted by molar-refractivity contribution is -0.145. The van der Waals surface area contributed by atoms with Crippen molar-refractivity contribution < 1.29 is 23.5 Å². The number of nitrogens with zero attached hydrogens (tertiary/aromatic N) is 1. The summed E-state index contributed by atoms with van der Waals surface area (Å²) >= 11 is 0. The summed E-state index contributed by atoms with van der Waals surface area (Å²) in [5, 5.41) is 3.19. The first-order chi connectivity index (χ1) is 13.0. The average Bonchev–Trinajstić information content (AvgIpc) is 2.64. The first kappa shape index (κ1) is 20.4. The number of anilines is 1. The topological polar surface area (TPSA) is 108 Å². The average molecular weight is 376 g/mol. The van der Waals surface area contributed by atoms with E-state index < -0.39 is 23.5 Å². The van der Waals surface area contributed by atoms with Crippen molar-refractivity contribution in [2.75, 3.05) is 18.5 Å². The molecule has 27 heavy (non-hydrogen) atoms. The molecule has 0 aliphatic heterocycles. The summed E-state index contributed by atoms with van der Waals surface area (Å²) in [6.45, 7) is 5.77. The molecule has 0 aliphatic rings. The quantitative estimate of drug-likeness (QED) is 0.665. The zero-order chi connectivity index (χ0) is 19.8. The molecule has 2 rings (SSSR count). The van der Waals surface area contributed by atoms with Crippen molar-refractivity contribution in [3.8, 4) is 0 Å². The summed E-state index contributed by atoms with van der Waals surface area (Å²) in [6, 6.07) is 4.31.